The van der Waals surface area contributed by atoms with E-state index >= 15 is 0 Å². The van der Waals surface area contributed by atoms with Gasteiger partial charge in [0.05, 0.1) is 13.0 Å². The first kappa shape index (κ1) is 17.3. The second-order valence-corrected chi connectivity index (χ2v) is 3.54. The van der Waals surface area contributed by atoms with Gasteiger partial charge in [0.2, 0.25) is 0 Å². The van der Waals surface area contributed by atoms with Gasteiger partial charge in [0.1, 0.15) is 11.9 Å². The van der Waals surface area contributed by atoms with Gasteiger partial charge >= 0.3 is 23.9 Å². The largest absolute Gasteiger partial charge is 0.463 e. The lowest BCUT2D eigenvalue weighted by atomic mass is 10.4. The Kier molecular flexibility index (Phi) is 9.33. The fourth-order valence-corrected chi connectivity index (χ4v) is 0.929. The van der Waals surface area contributed by atoms with E-state index in [4.69, 9.17) is 0 Å². The van der Waals surface area contributed by atoms with Crippen LogP contribution in [0, 0.1) is 0 Å². The molecule has 0 fully saturated rings. The van der Waals surface area contributed by atoms with Crippen LogP contribution < -0.4 is 0 Å². The first-order valence-corrected chi connectivity index (χ1v) is 6.42. The minimum atomic E-state index is -0.799. The normalized spacial score (nSPS) is 10.0. The monoisotopic (exact) mass is 336 g/mol. The lowest BCUT2D eigenvalue weighted by Gasteiger charge is -2.01. The standard InChI is InChI=1S/C11H13BrO7/c1-2-17-8(13)3-4-9(14)18-6-5-10(15)19-11(16)7-12/h3-4H,2,5-7H2,1H3/b4-3-. The van der Waals surface area contributed by atoms with E-state index in [9.17, 15) is 19.2 Å². The molecule has 106 valence electrons. The molecule has 8 heteroatoms. The maximum atomic E-state index is 11.1. The second-order valence-electron chi connectivity index (χ2n) is 2.98. The van der Waals surface area contributed by atoms with Gasteiger partial charge in [0, 0.05) is 12.2 Å². The SMILES string of the molecule is CCOC(=O)/C=C\C(=O)OCCC(=O)OC(=O)CBr. The third-order valence-corrected chi connectivity index (χ3v) is 1.99. The van der Waals surface area contributed by atoms with Gasteiger partial charge in [-0.2, -0.15) is 0 Å². The topological polar surface area (TPSA) is 96.0 Å². The molecule has 0 unspecified atom stereocenters. The van der Waals surface area contributed by atoms with E-state index in [1.165, 1.54) is 0 Å². The third-order valence-electron chi connectivity index (χ3n) is 1.53. The number of hydrogen-bond acceptors (Lipinski definition) is 7. The highest BCUT2D eigenvalue weighted by Gasteiger charge is 2.09. The van der Waals surface area contributed by atoms with E-state index in [0.717, 1.165) is 12.2 Å². The summed E-state index contributed by atoms with van der Waals surface area (Å²) < 4.78 is 13.4. The van der Waals surface area contributed by atoms with Crippen molar-refractivity contribution in [1.29, 1.82) is 0 Å². The van der Waals surface area contributed by atoms with Crippen LogP contribution in [-0.4, -0.2) is 42.4 Å². The molecule has 0 aromatic heterocycles. The van der Waals surface area contributed by atoms with Crippen LogP contribution in [0.15, 0.2) is 12.2 Å². The molecule has 0 radical (unpaired) electrons. The van der Waals surface area contributed by atoms with Gasteiger partial charge in [-0.05, 0) is 6.92 Å². The van der Waals surface area contributed by atoms with E-state index in [2.05, 4.69) is 30.1 Å². The molecule has 0 amide bonds. The Morgan fingerprint density at radius 2 is 1.58 bits per heavy atom. The molecule has 7 nitrogen and oxygen atoms in total. The Balaban J connectivity index is 3.83. The van der Waals surface area contributed by atoms with E-state index in [1.807, 2.05) is 0 Å². The van der Waals surface area contributed by atoms with Crippen molar-refractivity contribution in [2.75, 3.05) is 18.5 Å². The maximum Gasteiger partial charge on any atom is 0.331 e. The van der Waals surface area contributed by atoms with Crippen LogP contribution in [-0.2, 0) is 33.4 Å². The Bertz CT molecular complexity index is 375. The summed E-state index contributed by atoms with van der Waals surface area (Å²) in [5.74, 6) is -2.99. The molecule has 0 spiro atoms. The maximum absolute atomic E-state index is 11.1. The molecule has 0 aliphatic heterocycles. The van der Waals surface area contributed by atoms with E-state index in [1.54, 1.807) is 6.92 Å². The Morgan fingerprint density at radius 3 is 2.11 bits per heavy atom. The molecule has 0 atom stereocenters. The summed E-state index contributed by atoms with van der Waals surface area (Å²) in [6, 6.07) is 0. The number of hydrogen-bond donors (Lipinski definition) is 0. The molecular weight excluding hydrogens is 324 g/mol. The van der Waals surface area contributed by atoms with Crippen molar-refractivity contribution in [3.8, 4) is 0 Å². The molecule has 0 aliphatic carbocycles. The fourth-order valence-electron chi connectivity index (χ4n) is 0.815. The molecule has 0 heterocycles. The molecule has 0 rings (SSSR count). The van der Waals surface area contributed by atoms with Crippen LogP contribution >= 0.6 is 15.9 Å². The molecule has 0 aromatic rings. The van der Waals surface area contributed by atoms with Crippen LogP contribution in [0.1, 0.15) is 13.3 Å². The average Bonchev–Trinajstić information content (AvgIpc) is 2.36. The Hall–Kier alpha value is -1.70. The molecule has 0 saturated heterocycles. The molecule has 19 heavy (non-hydrogen) atoms. The minimum absolute atomic E-state index is 0.0964. The summed E-state index contributed by atoms with van der Waals surface area (Å²) in [6.07, 6.45) is 1.54. The molecule has 0 N–H and O–H groups in total. The zero-order valence-electron chi connectivity index (χ0n) is 10.2. The summed E-state index contributed by atoms with van der Waals surface area (Å²) in [6.45, 7) is 1.58. The van der Waals surface area contributed by atoms with E-state index in [-0.39, 0.29) is 25.0 Å². The van der Waals surface area contributed by atoms with Crippen LogP contribution in [0.3, 0.4) is 0 Å². The summed E-state index contributed by atoms with van der Waals surface area (Å²) in [5.41, 5.74) is 0. The number of rotatable bonds is 7. The van der Waals surface area contributed by atoms with Crippen LogP contribution in [0.25, 0.3) is 0 Å². The highest BCUT2D eigenvalue weighted by molar-refractivity contribution is 9.09. The van der Waals surface area contributed by atoms with Gasteiger partial charge in [-0.25, -0.2) is 9.59 Å². The number of carbonyl (C=O) groups excluding carboxylic acids is 4. The summed E-state index contributed by atoms with van der Waals surface area (Å²) in [7, 11) is 0. The van der Waals surface area contributed by atoms with Gasteiger partial charge in [-0.1, -0.05) is 15.9 Å². The summed E-state index contributed by atoms with van der Waals surface area (Å²) in [5, 5.41) is -0.0964. The number of alkyl halides is 1. The predicted octanol–water partition coefficient (Wildman–Crippen LogP) is 0.504. The number of ether oxygens (including phenoxy) is 3. The smallest absolute Gasteiger partial charge is 0.331 e. The van der Waals surface area contributed by atoms with E-state index in [0.29, 0.717) is 0 Å². The molecule has 0 aromatic carbocycles. The van der Waals surface area contributed by atoms with Crippen LogP contribution in [0.2, 0.25) is 0 Å². The van der Waals surface area contributed by atoms with Crippen molar-refractivity contribution < 1.29 is 33.4 Å². The van der Waals surface area contributed by atoms with Crippen molar-refractivity contribution in [2.24, 2.45) is 0 Å². The highest BCUT2D eigenvalue weighted by Crippen LogP contribution is 1.93. The Morgan fingerprint density at radius 1 is 1.00 bits per heavy atom. The Labute approximate surface area is 118 Å². The van der Waals surface area contributed by atoms with Gasteiger partial charge in [-0.15, -0.1) is 0 Å². The van der Waals surface area contributed by atoms with Crippen molar-refractivity contribution in [1.82, 2.24) is 0 Å². The van der Waals surface area contributed by atoms with Gasteiger partial charge in [0.25, 0.3) is 0 Å². The van der Waals surface area contributed by atoms with Crippen molar-refractivity contribution >= 4 is 39.8 Å². The fraction of sp³-hybridized carbons (Fsp3) is 0.455. The first-order chi connectivity index (χ1) is 8.99. The highest BCUT2D eigenvalue weighted by atomic mass is 79.9. The lowest BCUT2D eigenvalue weighted by Crippen LogP contribution is -2.15. The van der Waals surface area contributed by atoms with Crippen molar-refractivity contribution in [2.45, 2.75) is 13.3 Å². The van der Waals surface area contributed by atoms with Gasteiger partial charge in [-0.3, -0.25) is 9.59 Å². The van der Waals surface area contributed by atoms with Crippen molar-refractivity contribution in [3.05, 3.63) is 12.2 Å². The summed E-state index contributed by atoms with van der Waals surface area (Å²) in [4.78, 5) is 43.6. The van der Waals surface area contributed by atoms with Crippen molar-refractivity contribution in [3.63, 3.8) is 0 Å². The average molecular weight is 337 g/mol. The molecular formula is C11H13BrO7. The van der Waals surface area contributed by atoms with E-state index < -0.39 is 23.9 Å². The number of carbonyl (C=O) groups is 4. The lowest BCUT2D eigenvalue weighted by molar-refractivity contribution is -0.158. The second kappa shape index (κ2) is 10.2. The van der Waals surface area contributed by atoms with Gasteiger partial charge in [0.15, 0.2) is 0 Å². The predicted molar refractivity (Wildman–Crippen MR) is 66.2 cm³/mol. The number of halogens is 1. The number of esters is 4. The summed E-state index contributed by atoms with van der Waals surface area (Å²) >= 11 is 2.82. The van der Waals surface area contributed by atoms with Crippen LogP contribution in [0.5, 0.6) is 0 Å². The zero-order chi connectivity index (χ0) is 14.7. The molecule has 0 bridgehead atoms. The first-order valence-electron chi connectivity index (χ1n) is 5.30. The molecule has 0 aliphatic rings. The van der Waals surface area contributed by atoms with Crippen LogP contribution in [0.4, 0.5) is 0 Å². The third kappa shape index (κ3) is 9.95. The quantitative estimate of drug-likeness (QED) is 0.219. The van der Waals surface area contributed by atoms with Gasteiger partial charge < -0.3 is 14.2 Å². The molecule has 0 saturated carbocycles. The minimum Gasteiger partial charge on any atom is -0.463 e. The zero-order valence-corrected chi connectivity index (χ0v) is 11.8.